The molecule has 132 valence electrons. The van der Waals surface area contributed by atoms with Crippen molar-refractivity contribution in [3.8, 4) is 5.75 Å². The molecule has 0 saturated carbocycles. The Bertz CT molecular complexity index is 977. The van der Waals surface area contributed by atoms with Gasteiger partial charge in [0.15, 0.2) is 5.13 Å². The van der Waals surface area contributed by atoms with Gasteiger partial charge >= 0.3 is 0 Å². The Hall–Kier alpha value is -3.19. The molecule has 7 heteroatoms. The molecule has 0 aliphatic heterocycles. The minimum atomic E-state index is -0.269. The third-order valence-electron chi connectivity index (χ3n) is 3.49. The van der Waals surface area contributed by atoms with Gasteiger partial charge < -0.3 is 10.1 Å². The minimum Gasteiger partial charge on any atom is -0.494 e. The molecule has 0 saturated heterocycles. The molecular weight excluding hydrogens is 350 g/mol. The van der Waals surface area contributed by atoms with E-state index in [1.807, 2.05) is 30.3 Å². The zero-order valence-corrected chi connectivity index (χ0v) is 15.1. The fourth-order valence-corrected chi connectivity index (χ4v) is 3.23. The van der Waals surface area contributed by atoms with Crippen molar-refractivity contribution in [2.45, 2.75) is 6.92 Å². The number of benzene rings is 2. The average Bonchev–Trinajstić information content (AvgIpc) is 3.03. The first kappa shape index (κ1) is 17.6. The third kappa shape index (κ3) is 4.25. The predicted molar refractivity (Wildman–Crippen MR) is 105 cm³/mol. The molecule has 6 nitrogen and oxygen atoms in total. The monoisotopic (exact) mass is 367 g/mol. The van der Waals surface area contributed by atoms with Gasteiger partial charge in [0.2, 0.25) is 11.8 Å². The summed E-state index contributed by atoms with van der Waals surface area (Å²) >= 11 is 1.39. The van der Waals surface area contributed by atoms with Crippen molar-refractivity contribution in [2.24, 2.45) is 0 Å². The van der Waals surface area contributed by atoms with Crippen LogP contribution in [0.3, 0.4) is 0 Å². The van der Waals surface area contributed by atoms with Gasteiger partial charge in [0.25, 0.3) is 0 Å². The molecular formula is C19H17N3O3S. The smallest absolute Gasteiger partial charge is 0.250 e. The number of thiazole rings is 1. The Balaban J connectivity index is 1.67. The van der Waals surface area contributed by atoms with Gasteiger partial charge in [-0.15, -0.1) is 0 Å². The van der Waals surface area contributed by atoms with Gasteiger partial charge in [-0.1, -0.05) is 29.5 Å². The van der Waals surface area contributed by atoms with Gasteiger partial charge in [0, 0.05) is 18.7 Å². The Morgan fingerprint density at radius 3 is 2.58 bits per heavy atom. The number of nitrogens with one attached hydrogen (secondary N) is 2. The predicted octanol–water partition coefficient (Wildman–Crippen LogP) is 3.92. The first-order valence-electron chi connectivity index (χ1n) is 7.85. The van der Waals surface area contributed by atoms with Crippen LogP contribution in [0.15, 0.2) is 48.5 Å². The van der Waals surface area contributed by atoms with E-state index in [1.54, 1.807) is 25.3 Å². The van der Waals surface area contributed by atoms with E-state index in [-0.39, 0.29) is 11.8 Å². The van der Waals surface area contributed by atoms with Gasteiger partial charge in [0.1, 0.15) is 11.3 Å². The lowest BCUT2D eigenvalue weighted by Crippen LogP contribution is -2.07. The maximum Gasteiger partial charge on any atom is 0.250 e. The molecule has 2 amide bonds. The number of fused-ring (bicyclic) bond motifs is 1. The van der Waals surface area contributed by atoms with Crippen LogP contribution in [0, 0.1) is 0 Å². The summed E-state index contributed by atoms with van der Waals surface area (Å²) in [7, 11) is 1.59. The lowest BCUT2D eigenvalue weighted by atomic mass is 10.2. The fourth-order valence-electron chi connectivity index (χ4n) is 2.34. The number of ether oxygens (including phenoxy) is 1. The highest BCUT2D eigenvalue weighted by atomic mass is 32.1. The van der Waals surface area contributed by atoms with Crippen molar-refractivity contribution in [3.63, 3.8) is 0 Å². The maximum absolute atomic E-state index is 12.1. The van der Waals surface area contributed by atoms with Gasteiger partial charge in [0.05, 0.1) is 11.8 Å². The highest BCUT2D eigenvalue weighted by Gasteiger charge is 2.09. The second-order valence-corrected chi connectivity index (χ2v) is 6.48. The van der Waals surface area contributed by atoms with E-state index < -0.39 is 0 Å². The van der Waals surface area contributed by atoms with Crippen LogP contribution in [0.4, 0.5) is 10.8 Å². The number of hydrogen-bond donors (Lipinski definition) is 2. The van der Waals surface area contributed by atoms with E-state index in [0.29, 0.717) is 16.6 Å². The summed E-state index contributed by atoms with van der Waals surface area (Å²) in [4.78, 5) is 27.5. The first-order chi connectivity index (χ1) is 12.5. The van der Waals surface area contributed by atoms with Crippen molar-refractivity contribution in [2.75, 3.05) is 17.7 Å². The summed E-state index contributed by atoms with van der Waals surface area (Å²) in [5, 5.41) is 5.97. The highest BCUT2D eigenvalue weighted by molar-refractivity contribution is 7.22. The largest absolute Gasteiger partial charge is 0.494 e. The number of para-hydroxylation sites is 1. The average molecular weight is 367 g/mol. The van der Waals surface area contributed by atoms with Crippen molar-refractivity contribution in [3.05, 3.63) is 54.1 Å². The summed E-state index contributed by atoms with van der Waals surface area (Å²) < 4.78 is 6.22. The molecule has 2 N–H and O–H groups in total. The van der Waals surface area contributed by atoms with Crippen LogP contribution < -0.4 is 15.4 Å². The molecule has 0 bridgehead atoms. The topological polar surface area (TPSA) is 80.3 Å². The summed E-state index contributed by atoms with van der Waals surface area (Å²) in [5.41, 5.74) is 2.29. The van der Waals surface area contributed by atoms with E-state index in [4.69, 9.17) is 4.74 Å². The van der Waals surface area contributed by atoms with Gasteiger partial charge in [-0.25, -0.2) is 4.98 Å². The Morgan fingerprint density at radius 1 is 1.12 bits per heavy atom. The van der Waals surface area contributed by atoms with E-state index >= 15 is 0 Å². The fraction of sp³-hybridized carbons (Fsp3) is 0.105. The second kappa shape index (κ2) is 7.79. The van der Waals surface area contributed by atoms with E-state index in [1.165, 1.54) is 24.3 Å². The molecule has 0 radical (unpaired) electrons. The van der Waals surface area contributed by atoms with Gasteiger partial charge in [-0.05, 0) is 35.9 Å². The van der Waals surface area contributed by atoms with Crippen molar-refractivity contribution < 1.29 is 14.3 Å². The Morgan fingerprint density at radius 2 is 1.88 bits per heavy atom. The quantitative estimate of drug-likeness (QED) is 0.670. The van der Waals surface area contributed by atoms with Crippen molar-refractivity contribution in [1.82, 2.24) is 4.98 Å². The van der Waals surface area contributed by atoms with E-state index in [0.717, 1.165) is 15.8 Å². The van der Waals surface area contributed by atoms with Crippen molar-refractivity contribution >= 4 is 50.3 Å². The van der Waals surface area contributed by atoms with E-state index in [9.17, 15) is 9.59 Å². The molecule has 1 heterocycles. The summed E-state index contributed by atoms with van der Waals surface area (Å²) in [6.45, 7) is 1.45. The number of nitrogens with zero attached hydrogens (tertiary/aromatic N) is 1. The Kier molecular flexibility index (Phi) is 5.28. The van der Waals surface area contributed by atoms with Crippen LogP contribution in [0.1, 0.15) is 12.5 Å². The number of carbonyl (C=O) groups is 2. The SMILES string of the molecule is COc1cccc2sc(NC(=O)/C=C/c3ccc(NC(C)=O)cc3)nc12. The summed E-state index contributed by atoms with van der Waals surface area (Å²) in [6.07, 6.45) is 3.14. The number of aromatic nitrogens is 1. The van der Waals surface area contributed by atoms with Crippen LogP contribution in [0.2, 0.25) is 0 Å². The molecule has 1 aromatic heterocycles. The zero-order chi connectivity index (χ0) is 18.5. The van der Waals surface area contributed by atoms with Crippen LogP contribution in [0.25, 0.3) is 16.3 Å². The number of rotatable bonds is 5. The molecule has 3 rings (SSSR count). The lowest BCUT2D eigenvalue weighted by molar-refractivity contribution is -0.114. The Labute approximate surface area is 154 Å². The maximum atomic E-state index is 12.1. The zero-order valence-electron chi connectivity index (χ0n) is 14.3. The van der Waals surface area contributed by atoms with Gasteiger partial charge in [-0.3, -0.25) is 14.9 Å². The van der Waals surface area contributed by atoms with E-state index in [2.05, 4.69) is 15.6 Å². The standard InChI is InChI=1S/C19H17N3O3S/c1-12(23)20-14-9-6-13(7-10-14)8-11-17(24)21-19-22-18-15(25-2)4-3-5-16(18)26-19/h3-11H,1-2H3,(H,20,23)(H,21,22,24)/b11-8+. The molecule has 0 aliphatic carbocycles. The molecule has 26 heavy (non-hydrogen) atoms. The van der Waals surface area contributed by atoms with Crippen molar-refractivity contribution in [1.29, 1.82) is 0 Å². The molecule has 0 spiro atoms. The number of amides is 2. The first-order valence-corrected chi connectivity index (χ1v) is 8.67. The normalized spacial score (nSPS) is 10.8. The van der Waals surface area contributed by atoms with Crippen LogP contribution in [0.5, 0.6) is 5.75 Å². The lowest BCUT2D eigenvalue weighted by Gasteiger charge is -2.01. The number of hydrogen-bond acceptors (Lipinski definition) is 5. The molecule has 0 aliphatic rings. The molecule has 0 unspecified atom stereocenters. The van der Waals surface area contributed by atoms with Crippen LogP contribution in [-0.2, 0) is 9.59 Å². The number of methoxy groups -OCH3 is 1. The summed E-state index contributed by atoms with van der Waals surface area (Å²) in [5.74, 6) is 0.281. The highest BCUT2D eigenvalue weighted by Crippen LogP contribution is 2.32. The molecule has 2 aromatic carbocycles. The second-order valence-electron chi connectivity index (χ2n) is 5.45. The molecule has 0 atom stereocenters. The number of anilines is 2. The van der Waals surface area contributed by atoms with Gasteiger partial charge in [-0.2, -0.15) is 0 Å². The van der Waals surface area contributed by atoms with Crippen LogP contribution >= 0.6 is 11.3 Å². The molecule has 3 aromatic rings. The molecule has 0 fully saturated rings. The minimum absolute atomic E-state index is 0.125. The summed E-state index contributed by atoms with van der Waals surface area (Å²) in [6, 6.07) is 12.8. The number of carbonyl (C=O) groups excluding carboxylic acids is 2. The third-order valence-corrected chi connectivity index (χ3v) is 4.43. The van der Waals surface area contributed by atoms with Crippen LogP contribution in [-0.4, -0.2) is 23.9 Å².